The van der Waals surface area contributed by atoms with E-state index in [0.717, 1.165) is 48.4 Å². The highest BCUT2D eigenvalue weighted by molar-refractivity contribution is 6.72. The molecule has 270 valence electrons. The molecule has 4 aromatic rings. The van der Waals surface area contributed by atoms with Crippen LogP contribution in [0, 0.1) is 5.92 Å². The maximum Gasteiger partial charge on any atom is 0.254 e. The molecule has 0 aliphatic carbocycles. The summed E-state index contributed by atoms with van der Waals surface area (Å²) >= 11 is 0. The smallest absolute Gasteiger partial charge is 0.254 e. The summed E-state index contributed by atoms with van der Waals surface area (Å²) in [4.78, 5) is 18.5. The van der Waals surface area contributed by atoms with E-state index in [1.165, 1.54) is 0 Å². The number of nitrogens with zero attached hydrogens (tertiary/aromatic N) is 5. The predicted octanol–water partition coefficient (Wildman–Crippen LogP) is 6.05. The first-order valence-electron chi connectivity index (χ1n) is 18.1. The van der Waals surface area contributed by atoms with Crippen molar-refractivity contribution in [2.45, 2.75) is 75.0 Å². The molecule has 4 heterocycles. The average molecular weight is 713 g/mol. The van der Waals surface area contributed by atoms with Gasteiger partial charge < -0.3 is 28.9 Å². The second-order valence-corrected chi connectivity index (χ2v) is 18.6. The number of fused-ring (bicyclic) bond motifs is 1. The van der Waals surface area contributed by atoms with Crippen LogP contribution in [0.25, 0.3) is 0 Å². The van der Waals surface area contributed by atoms with Gasteiger partial charge in [0.15, 0.2) is 0 Å². The molecule has 12 heteroatoms. The third-order valence-electron chi connectivity index (χ3n) is 11.3. The van der Waals surface area contributed by atoms with Gasteiger partial charge in [-0.25, -0.2) is 0 Å². The van der Waals surface area contributed by atoms with Crippen LogP contribution in [-0.4, -0.2) is 79.5 Å². The molecule has 3 aliphatic rings. The Morgan fingerprint density at radius 2 is 1.76 bits per heavy atom. The van der Waals surface area contributed by atoms with Gasteiger partial charge in [0.2, 0.25) is 8.41 Å². The monoisotopic (exact) mass is 712 g/mol. The Labute approximate surface area is 300 Å². The molecular weight excluding hydrogens is 664 g/mol. The van der Waals surface area contributed by atoms with E-state index >= 15 is 4.11 Å². The molecule has 1 spiro atoms. The Morgan fingerprint density at radius 1 is 1.06 bits per heavy atom. The molecule has 2 fully saturated rings. The van der Waals surface area contributed by atoms with Crippen LogP contribution in [0.1, 0.15) is 55.0 Å². The number of benzene rings is 3. The summed E-state index contributed by atoms with van der Waals surface area (Å²) in [6, 6.07) is 25.9. The number of hydrogen-bond acceptors (Lipinski definition) is 8. The SMILES string of the molecule is CO[C@H]1c2cc(N3CN(c4ccccc4)C4(CCNCC4)C3=O)ccc2O[C@@H](C(CCn2cc(C(CO)c3ccccc3)nn2)[Si](C)(C)F)[C@@H]1C. The lowest BCUT2D eigenvalue weighted by atomic mass is 9.85. The maximum atomic E-state index is 16.3. The van der Waals surface area contributed by atoms with E-state index in [-0.39, 0.29) is 36.0 Å². The quantitative estimate of drug-likeness (QED) is 0.143. The Kier molecular flexibility index (Phi) is 10.0. The first-order chi connectivity index (χ1) is 24.6. The van der Waals surface area contributed by atoms with E-state index in [0.29, 0.717) is 31.1 Å². The molecule has 0 saturated carbocycles. The normalized spacial score (nSPS) is 22.9. The molecule has 5 atom stereocenters. The van der Waals surface area contributed by atoms with Crippen molar-refractivity contribution >= 4 is 25.7 Å². The molecule has 2 saturated heterocycles. The molecule has 51 heavy (non-hydrogen) atoms. The van der Waals surface area contributed by atoms with Crippen molar-refractivity contribution in [3.63, 3.8) is 0 Å². The lowest BCUT2D eigenvalue weighted by Gasteiger charge is -2.43. The van der Waals surface area contributed by atoms with Gasteiger partial charge in [0, 0.05) is 48.2 Å². The summed E-state index contributed by atoms with van der Waals surface area (Å²) in [5, 5.41) is 22.3. The number of ether oxygens (including phenoxy) is 2. The van der Waals surface area contributed by atoms with Crippen molar-refractivity contribution in [2.75, 3.05) is 43.3 Å². The third kappa shape index (κ3) is 6.70. The fourth-order valence-electron chi connectivity index (χ4n) is 8.51. The van der Waals surface area contributed by atoms with Crippen LogP contribution in [-0.2, 0) is 16.1 Å². The van der Waals surface area contributed by atoms with Crippen LogP contribution in [0.4, 0.5) is 15.5 Å². The highest BCUT2D eigenvalue weighted by Gasteiger charge is 2.54. The highest BCUT2D eigenvalue weighted by atomic mass is 28.4. The summed E-state index contributed by atoms with van der Waals surface area (Å²) in [5.41, 5.74) is 3.41. The number of halogens is 1. The largest absolute Gasteiger partial charge is 0.490 e. The first kappa shape index (κ1) is 35.3. The Bertz CT molecular complexity index is 1800. The molecule has 7 rings (SSSR count). The van der Waals surface area contributed by atoms with E-state index in [2.05, 4.69) is 39.6 Å². The summed E-state index contributed by atoms with van der Waals surface area (Å²) in [6.45, 7) is 7.97. The minimum Gasteiger partial charge on any atom is -0.490 e. The molecule has 10 nitrogen and oxygen atoms in total. The predicted molar refractivity (Wildman–Crippen MR) is 198 cm³/mol. The van der Waals surface area contributed by atoms with Gasteiger partial charge in [-0.1, -0.05) is 60.7 Å². The number of aromatic nitrogens is 3. The number of nitrogens with one attached hydrogen (secondary N) is 1. The molecule has 0 radical (unpaired) electrons. The first-order valence-corrected chi connectivity index (χ1v) is 21.0. The minimum atomic E-state index is -3.26. The number of aliphatic hydroxyl groups excluding tert-OH is 1. The lowest BCUT2D eigenvalue weighted by Crippen LogP contribution is -2.55. The van der Waals surface area contributed by atoms with Crippen LogP contribution < -0.4 is 19.9 Å². The number of aryl methyl sites for hydroxylation is 1. The van der Waals surface area contributed by atoms with Crippen LogP contribution >= 0.6 is 0 Å². The van der Waals surface area contributed by atoms with Crippen molar-refractivity contribution in [1.29, 1.82) is 0 Å². The molecular formula is C39H49FN6O4Si. The molecule has 1 amide bonds. The Morgan fingerprint density at radius 3 is 2.43 bits per heavy atom. The maximum absolute atomic E-state index is 16.3. The fraction of sp³-hybridized carbons (Fsp3) is 0.462. The lowest BCUT2D eigenvalue weighted by molar-refractivity contribution is -0.122. The molecule has 0 bridgehead atoms. The summed E-state index contributed by atoms with van der Waals surface area (Å²) in [7, 11) is -1.57. The van der Waals surface area contributed by atoms with Gasteiger partial charge in [-0.3, -0.25) is 14.4 Å². The number of aliphatic hydroxyl groups is 1. The topological polar surface area (TPSA) is 105 Å². The van der Waals surface area contributed by atoms with Gasteiger partial charge in [0.1, 0.15) is 17.4 Å². The summed E-state index contributed by atoms with van der Waals surface area (Å²) in [6.07, 6.45) is 3.07. The zero-order valence-electron chi connectivity index (χ0n) is 29.9. The number of piperidine rings is 1. The van der Waals surface area contributed by atoms with Gasteiger partial charge in [-0.05, 0) is 81.3 Å². The Balaban J connectivity index is 1.12. The van der Waals surface area contributed by atoms with Gasteiger partial charge in [0.05, 0.1) is 31.0 Å². The van der Waals surface area contributed by atoms with Gasteiger partial charge in [-0.2, -0.15) is 0 Å². The standard InChI is InChI=1S/C39H49FN6O4Si/c1-27-36(49-2)31-23-30(45-26-46(29-13-9-6-10-14-29)39(38(45)48)18-20-41-21-19-39)15-16-34(31)50-37(27)35(51(3,4)40)17-22-44-24-33(42-43-44)32(25-47)28-11-7-5-8-12-28/h5-16,23-24,27,32,35-37,41,47H,17-22,25-26H2,1-4H3/t27-,32?,35?,36-,37-/m1/s1. The number of methoxy groups -OCH3 is 1. The molecule has 2 unspecified atom stereocenters. The van der Waals surface area contributed by atoms with Crippen molar-refractivity contribution < 1.29 is 23.5 Å². The van der Waals surface area contributed by atoms with E-state index in [1.54, 1.807) is 24.9 Å². The van der Waals surface area contributed by atoms with Gasteiger partial charge in [-0.15, -0.1) is 5.10 Å². The van der Waals surface area contributed by atoms with Crippen molar-refractivity contribution in [3.8, 4) is 5.75 Å². The highest BCUT2D eigenvalue weighted by Crippen LogP contribution is 2.49. The van der Waals surface area contributed by atoms with Crippen molar-refractivity contribution in [1.82, 2.24) is 20.3 Å². The van der Waals surface area contributed by atoms with Crippen LogP contribution in [0.3, 0.4) is 0 Å². The molecule has 1 aromatic heterocycles. The van der Waals surface area contributed by atoms with Crippen LogP contribution in [0.15, 0.2) is 85.1 Å². The number of amides is 1. The van der Waals surface area contributed by atoms with Crippen LogP contribution in [0.2, 0.25) is 18.6 Å². The second-order valence-electron chi connectivity index (χ2n) is 14.8. The van der Waals surface area contributed by atoms with E-state index in [1.807, 2.05) is 77.8 Å². The summed E-state index contributed by atoms with van der Waals surface area (Å²) < 4.78 is 30.9. The van der Waals surface area contributed by atoms with Crippen LogP contribution in [0.5, 0.6) is 5.75 Å². The van der Waals surface area contributed by atoms with Gasteiger partial charge >= 0.3 is 0 Å². The zero-order chi connectivity index (χ0) is 35.8. The number of para-hydroxylation sites is 1. The third-order valence-corrected chi connectivity index (χ3v) is 13.7. The number of anilines is 2. The second kappa shape index (κ2) is 14.5. The average Bonchev–Trinajstić information content (AvgIpc) is 3.71. The van der Waals surface area contributed by atoms with Gasteiger partial charge in [0.25, 0.3) is 5.91 Å². The van der Waals surface area contributed by atoms with E-state index < -0.39 is 20.1 Å². The molecule has 2 N–H and O–H groups in total. The minimum absolute atomic E-state index is 0.0851. The molecule has 3 aromatic carbocycles. The number of rotatable bonds is 11. The van der Waals surface area contributed by atoms with Crippen molar-refractivity contribution in [2.24, 2.45) is 5.92 Å². The summed E-state index contributed by atoms with van der Waals surface area (Å²) in [5.74, 6) is 0.340. The van der Waals surface area contributed by atoms with Crippen molar-refractivity contribution in [3.05, 3.63) is 102 Å². The fourth-order valence-corrected chi connectivity index (χ4v) is 10.5. The molecule has 3 aliphatic heterocycles. The van der Waals surface area contributed by atoms with E-state index in [4.69, 9.17) is 9.47 Å². The number of carbonyl (C=O) groups excluding carboxylic acids is 1. The van der Waals surface area contributed by atoms with E-state index in [9.17, 15) is 9.90 Å². The number of carbonyl (C=O) groups is 1. The Hall–Kier alpha value is -4.10. The zero-order valence-corrected chi connectivity index (χ0v) is 30.9. The number of hydrogen-bond donors (Lipinski definition) is 2.